The Morgan fingerprint density at radius 1 is 1.26 bits per heavy atom. The van der Waals surface area contributed by atoms with Gasteiger partial charge in [-0.25, -0.2) is 0 Å². The lowest BCUT2D eigenvalue weighted by Gasteiger charge is -2.33. The Kier molecular flexibility index (Phi) is 5.26. The highest BCUT2D eigenvalue weighted by Gasteiger charge is 2.26. The number of rotatable bonds is 4. The van der Waals surface area contributed by atoms with Gasteiger partial charge in [0.05, 0.1) is 12.2 Å². The molecule has 1 aliphatic rings. The largest absolute Gasteiger partial charge is 0.369 e. The molecule has 3 heteroatoms. The van der Waals surface area contributed by atoms with Crippen molar-refractivity contribution in [1.29, 1.82) is 0 Å². The topological polar surface area (TPSA) is 35.2 Å². The summed E-state index contributed by atoms with van der Waals surface area (Å²) in [6.07, 6.45) is 3.88. The normalized spacial score (nSPS) is 29.2. The molecule has 0 amide bonds. The van der Waals surface area contributed by atoms with Crippen molar-refractivity contribution in [3.05, 3.63) is 34.9 Å². The zero-order valence-corrected chi connectivity index (χ0v) is 12.6. The van der Waals surface area contributed by atoms with Crippen molar-refractivity contribution in [3.8, 4) is 0 Å². The standard InChI is InChI=1S/C16H24ClNO/c1-11-6-12(2)8-15(7-11)19-16(10-18)13-4-3-5-14(17)9-13/h3-5,9,11-12,15-16H,6-8,10,18H2,1-2H3. The maximum absolute atomic E-state index is 6.24. The third-order valence-corrected chi connectivity index (χ3v) is 4.16. The van der Waals surface area contributed by atoms with E-state index in [1.165, 1.54) is 6.42 Å². The zero-order valence-electron chi connectivity index (χ0n) is 11.8. The second-order valence-electron chi connectivity index (χ2n) is 5.95. The van der Waals surface area contributed by atoms with Crippen LogP contribution in [0.3, 0.4) is 0 Å². The van der Waals surface area contributed by atoms with Gasteiger partial charge in [-0.1, -0.05) is 37.6 Å². The lowest BCUT2D eigenvalue weighted by molar-refractivity contribution is -0.0466. The van der Waals surface area contributed by atoms with Crippen LogP contribution in [0.25, 0.3) is 0 Å². The predicted octanol–water partition coefficient (Wildman–Crippen LogP) is 4.18. The van der Waals surface area contributed by atoms with Crippen molar-refractivity contribution in [2.24, 2.45) is 17.6 Å². The van der Waals surface area contributed by atoms with Crippen LogP contribution in [0.1, 0.15) is 44.8 Å². The van der Waals surface area contributed by atoms with E-state index in [0.717, 1.165) is 35.3 Å². The van der Waals surface area contributed by atoms with E-state index in [2.05, 4.69) is 13.8 Å². The summed E-state index contributed by atoms with van der Waals surface area (Å²) < 4.78 is 6.24. The van der Waals surface area contributed by atoms with Crippen LogP contribution in [0.2, 0.25) is 5.02 Å². The van der Waals surface area contributed by atoms with E-state index in [1.807, 2.05) is 24.3 Å². The molecule has 0 aromatic heterocycles. The lowest BCUT2D eigenvalue weighted by atomic mass is 9.81. The summed E-state index contributed by atoms with van der Waals surface area (Å²) in [7, 11) is 0. The summed E-state index contributed by atoms with van der Waals surface area (Å²) >= 11 is 6.04. The van der Waals surface area contributed by atoms with Crippen LogP contribution >= 0.6 is 11.6 Å². The highest BCUT2D eigenvalue weighted by Crippen LogP contribution is 2.33. The minimum atomic E-state index is -0.0406. The van der Waals surface area contributed by atoms with E-state index in [0.29, 0.717) is 12.6 Å². The molecule has 3 unspecified atom stereocenters. The number of hydrogen-bond acceptors (Lipinski definition) is 2. The molecule has 0 aliphatic heterocycles. The number of benzene rings is 1. The molecule has 0 bridgehead atoms. The molecule has 0 saturated heterocycles. The maximum Gasteiger partial charge on any atom is 0.0951 e. The van der Waals surface area contributed by atoms with Crippen molar-refractivity contribution in [2.45, 2.75) is 45.3 Å². The maximum atomic E-state index is 6.24. The number of ether oxygens (including phenoxy) is 1. The molecule has 3 atom stereocenters. The van der Waals surface area contributed by atoms with Crippen molar-refractivity contribution in [2.75, 3.05) is 6.54 Å². The second kappa shape index (κ2) is 6.74. The van der Waals surface area contributed by atoms with Gasteiger partial charge in [-0.05, 0) is 48.8 Å². The molecule has 2 rings (SSSR count). The van der Waals surface area contributed by atoms with E-state index < -0.39 is 0 Å². The van der Waals surface area contributed by atoms with E-state index in [-0.39, 0.29) is 6.10 Å². The molecule has 19 heavy (non-hydrogen) atoms. The van der Waals surface area contributed by atoms with Crippen LogP contribution in [0.4, 0.5) is 0 Å². The van der Waals surface area contributed by atoms with Gasteiger partial charge in [0.2, 0.25) is 0 Å². The van der Waals surface area contributed by atoms with Crippen LogP contribution in [0, 0.1) is 11.8 Å². The first-order chi connectivity index (χ1) is 9.08. The molecule has 0 spiro atoms. The van der Waals surface area contributed by atoms with Crippen LogP contribution < -0.4 is 5.73 Å². The van der Waals surface area contributed by atoms with Gasteiger partial charge in [0.25, 0.3) is 0 Å². The molecular weight excluding hydrogens is 258 g/mol. The van der Waals surface area contributed by atoms with Crippen molar-refractivity contribution < 1.29 is 4.74 Å². The van der Waals surface area contributed by atoms with E-state index in [1.54, 1.807) is 0 Å². The minimum Gasteiger partial charge on any atom is -0.369 e. The first-order valence-corrected chi connectivity index (χ1v) is 7.57. The molecule has 1 aliphatic carbocycles. The molecule has 1 aromatic rings. The summed E-state index contributed by atoms with van der Waals surface area (Å²) in [6.45, 7) is 5.12. The third kappa shape index (κ3) is 4.20. The summed E-state index contributed by atoms with van der Waals surface area (Å²) in [5.74, 6) is 1.48. The molecular formula is C16H24ClNO. The average molecular weight is 282 g/mol. The summed E-state index contributed by atoms with van der Waals surface area (Å²) in [6, 6.07) is 7.83. The SMILES string of the molecule is CC1CC(C)CC(OC(CN)c2cccc(Cl)c2)C1. The summed E-state index contributed by atoms with van der Waals surface area (Å²) in [5, 5.41) is 0.741. The van der Waals surface area contributed by atoms with Gasteiger partial charge in [0.15, 0.2) is 0 Å². The van der Waals surface area contributed by atoms with Crippen molar-refractivity contribution in [3.63, 3.8) is 0 Å². The van der Waals surface area contributed by atoms with E-state index in [4.69, 9.17) is 22.1 Å². The first-order valence-electron chi connectivity index (χ1n) is 7.19. The zero-order chi connectivity index (χ0) is 13.8. The summed E-state index contributed by atoms with van der Waals surface area (Å²) in [5.41, 5.74) is 6.96. The Bertz CT molecular complexity index is 399. The average Bonchev–Trinajstić information content (AvgIpc) is 2.34. The van der Waals surface area contributed by atoms with E-state index >= 15 is 0 Å². The fourth-order valence-corrected chi connectivity index (χ4v) is 3.39. The summed E-state index contributed by atoms with van der Waals surface area (Å²) in [4.78, 5) is 0. The molecule has 1 fully saturated rings. The molecule has 1 aromatic carbocycles. The second-order valence-corrected chi connectivity index (χ2v) is 6.39. The first kappa shape index (κ1) is 14.8. The number of nitrogens with two attached hydrogens (primary N) is 1. The molecule has 1 saturated carbocycles. The minimum absolute atomic E-state index is 0.0406. The van der Waals surface area contributed by atoms with Gasteiger partial charge >= 0.3 is 0 Å². The monoisotopic (exact) mass is 281 g/mol. The fraction of sp³-hybridized carbons (Fsp3) is 0.625. The Labute approximate surface area is 121 Å². The molecule has 106 valence electrons. The highest BCUT2D eigenvalue weighted by molar-refractivity contribution is 6.30. The van der Waals surface area contributed by atoms with Gasteiger partial charge < -0.3 is 10.5 Å². The lowest BCUT2D eigenvalue weighted by Crippen LogP contribution is -2.30. The van der Waals surface area contributed by atoms with Crippen LogP contribution in [0.15, 0.2) is 24.3 Å². The Morgan fingerprint density at radius 2 is 1.95 bits per heavy atom. The van der Waals surface area contributed by atoms with Crippen LogP contribution in [0.5, 0.6) is 0 Å². The van der Waals surface area contributed by atoms with Gasteiger partial charge in [0.1, 0.15) is 0 Å². The fourth-order valence-electron chi connectivity index (χ4n) is 3.19. The van der Waals surface area contributed by atoms with Crippen LogP contribution in [-0.2, 0) is 4.74 Å². The smallest absolute Gasteiger partial charge is 0.0951 e. The third-order valence-electron chi connectivity index (χ3n) is 3.93. The number of hydrogen-bond donors (Lipinski definition) is 1. The van der Waals surface area contributed by atoms with Gasteiger partial charge in [-0.3, -0.25) is 0 Å². The van der Waals surface area contributed by atoms with E-state index in [9.17, 15) is 0 Å². The van der Waals surface area contributed by atoms with Gasteiger partial charge in [-0.2, -0.15) is 0 Å². The number of halogens is 1. The van der Waals surface area contributed by atoms with Crippen LogP contribution in [-0.4, -0.2) is 12.6 Å². The van der Waals surface area contributed by atoms with Gasteiger partial charge in [0, 0.05) is 11.6 Å². The molecule has 0 heterocycles. The Hall–Kier alpha value is -0.570. The molecule has 0 radical (unpaired) electrons. The van der Waals surface area contributed by atoms with Gasteiger partial charge in [-0.15, -0.1) is 0 Å². The highest BCUT2D eigenvalue weighted by atomic mass is 35.5. The molecule has 2 N–H and O–H groups in total. The quantitative estimate of drug-likeness (QED) is 0.898. The Balaban J connectivity index is 2.02. The molecule has 2 nitrogen and oxygen atoms in total. The predicted molar refractivity (Wildman–Crippen MR) is 80.3 cm³/mol. The Morgan fingerprint density at radius 3 is 2.53 bits per heavy atom. The van der Waals surface area contributed by atoms with Crippen molar-refractivity contribution >= 4 is 11.6 Å². The van der Waals surface area contributed by atoms with Crippen molar-refractivity contribution in [1.82, 2.24) is 0 Å².